The van der Waals surface area contributed by atoms with Crippen molar-refractivity contribution < 1.29 is 0 Å². The molecule has 0 aliphatic carbocycles. The molecule has 0 aromatic rings. The summed E-state index contributed by atoms with van der Waals surface area (Å²) in [4.78, 5) is 0.461. The molecule has 0 saturated carbocycles. The number of hydrogen-bond donors (Lipinski definition) is 0. The molecule has 0 amide bonds. The predicted octanol–water partition coefficient (Wildman–Crippen LogP) is 2.38. The van der Waals surface area contributed by atoms with Gasteiger partial charge in [-0.25, -0.2) is 0 Å². The normalized spacial score (nSPS) is 14.5. The third-order valence-electron chi connectivity index (χ3n) is 0.602. The van der Waals surface area contributed by atoms with Crippen molar-refractivity contribution in [1.29, 1.82) is 0 Å². The minimum atomic E-state index is 0.461. The van der Waals surface area contributed by atoms with Crippen LogP contribution in [0.25, 0.3) is 0 Å². The summed E-state index contributed by atoms with van der Waals surface area (Å²) in [6.07, 6.45) is 2.40. The van der Waals surface area contributed by atoms with Crippen LogP contribution in [0.2, 0.25) is 0 Å². The highest BCUT2D eigenvalue weighted by Gasteiger charge is 1.88. The largest absolute Gasteiger partial charge is 0.0891 e. The molecule has 0 aliphatic heterocycles. The Labute approximate surface area is 48.1 Å². The van der Waals surface area contributed by atoms with E-state index in [4.69, 9.17) is 0 Å². The second-order valence-electron chi connectivity index (χ2n) is 1.39. The number of hydrogen-bond acceptors (Lipinski definition) is 0. The smallest absolute Gasteiger partial charge is 0.0146 e. The van der Waals surface area contributed by atoms with Crippen molar-refractivity contribution in [1.82, 2.24) is 0 Å². The van der Waals surface area contributed by atoms with Crippen molar-refractivity contribution in [2.45, 2.75) is 24.6 Å². The van der Waals surface area contributed by atoms with E-state index in [1.165, 1.54) is 12.8 Å². The summed E-state index contributed by atoms with van der Waals surface area (Å²) >= 11 is 3.32. The van der Waals surface area contributed by atoms with E-state index in [0.29, 0.717) is 4.83 Å². The first-order chi connectivity index (χ1) is 2.77. The van der Waals surface area contributed by atoms with Crippen molar-refractivity contribution >= 4 is 15.9 Å². The van der Waals surface area contributed by atoms with E-state index in [0.717, 1.165) is 0 Å². The highest BCUT2D eigenvalue weighted by molar-refractivity contribution is 9.09. The lowest BCUT2D eigenvalue weighted by atomic mass is 10.3. The molecule has 1 heteroatoms. The molecular weight excluding hydrogens is 140 g/mol. The zero-order valence-corrected chi connectivity index (χ0v) is 5.66. The average molecular weight is 150 g/mol. The van der Waals surface area contributed by atoms with Gasteiger partial charge in [0.05, 0.1) is 0 Å². The van der Waals surface area contributed by atoms with Crippen LogP contribution in [-0.2, 0) is 0 Å². The minimum absolute atomic E-state index is 0.461. The van der Waals surface area contributed by atoms with Crippen LogP contribution >= 0.6 is 15.9 Å². The fourth-order valence-electron chi connectivity index (χ4n) is 0.313. The topological polar surface area (TPSA) is 0 Å². The molecule has 0 saturated heterocycles. The molecule has 0 rings (SSSR count). The Morgan fingerprint density at radius 1 is 1.83 bits per heavy atom. The van der Waals surface area contributed by atoms with E-state index < -0.39 is 0 Å². The molecule has 0 aliphatic rings. The van der Waals surface area contributed by atoms with Gasteiger partial charge >= 0.3 is 0 Å². The number of alkyl halides is 1. The summed E-state index contributed by atoms with van der Waals surface area (Å²) in [6, 6.07) is 0. The maximum absolute atomic E-state index is 3.74. The van der Waals surface area contributed by atoms with Gasteiger partial charge in [-0.05, 0) is 13.3 Å². The Bertz CT molecular complexity index is 25.1. The van der Waals surface area contributed by atoms with Crippen LogP contribution in [0.5, 0.6) is 0 Å². The summed E-state index contributed by atoms with van der Waals surface area (Å²) in [5.74, 6) is 0. The average Bonchev–Trinajstić information content (AvgIpc) is 1.35. The standard InChI is InChI=1S/C5H10Br/c1-3-4-5(2)6/h5H,2-4H2,1H3. The van der Waals surface area contributed by atoms with E-state index in [1.54, 1.807) is 0 Å². The van der Waals surface area contributed by atoms with E-state index in [-0.39, 0.29) is 0 Å². The second-order valence-corrected chi connectivity index (χ2v) is 2.68. The summed E-state index contributed by atoms with van der Waals surface area (Å²) in [6.45, 7) is 5.90. The SMILES string of the molecule is [CH2]C(Br)CCC. The first kappa shape index (κ1) is 6.48. The fourth-order valence-corrected chi connectivity index (χ4v) is 0.771. The van der Waals surface area contributed by atoms with E-state index in [9.17, 15) is 0 Å². The number of rotatable bonds is 2. The Kier molecular flexibility index (Phi) is 3.96. The monoisotopic (exact) mass is 149 g/mol. The molecule has 1 atom stereocenters. The fraction of sp³-hybridized carbons (Fsp3) is 0.800. The van der Waals surface area contributed by atoms with Crippen LogP contribution in [0.15, 0.2) is 0 Å². The Hall–Kier alpha value is 0.480. The van der Waals surface area contributed by atoms with Crippen LogP contribution in [0.4, 0.5) is 0 Å². The highest BCUT2D eigenvalue weighted by atomic mass is 79.9. The molecule has 0 bridgehead atoms. The molecular formula is C5H10Br. The molecule has 0 spiro atoms. The van der Waals surface area contributed by atoms with Gasteiger partial charge in [0.2, 0.25) is 0 Å². The summed E-state index contributed by atoms with van der Waals surface area (Å²) in [5, 5.41) is 0. The lowest BCUT2D eigenvalue weighted by Crippen LogP contribution is -1.85. The van der Waals surface area contributed by atoms with Crippen LogP contribution in [-0.4, -0.2) is 4.83 Å². The third-order valence-corrected chi connectivity index (χ3v) is 1.06. The Morgan fingerprint density at radius 3 is 2.33 bits per heavy atom. The molecule has 1 radical (unpaired) electrons. The zero-order valence-electron chi connectivity index (χ0n) is 4.08. The van der Waals surface area contributed by atoms with Gasteiger partial charge in [0.25, 0.3) is 0 Å². The van der Waals surface area contributed by atoms with Crippen LogP contribution in [0, 0.1) is 6.92 Å². The van der Waals surface area contributed by atoms with Crippen molar-refractivity contribution in [3.05, 3.63) is 6.92 Å². The quantitative estimate of drug-likeness (QED) is 0.530. The summed E-state index contributed by atoms with van der Waals surface area (Å²) in [5.41, 5.74) is 0. The Morgan fingerprint density at radius 2 is 2.33 bits per heavy atom. The van der Waals surface area contributed by atoms with Gasteiger partial charge in [0.15, 0.2) is 0 Å². The minimum Gasteiger partial charge on any atom is -0.0891 e. The van der Waals surface area contributed by atoms with Crippen LogP contribution in [0.1, 0.15) is 19.8 Å². The van der Waals surface area contributed by atoms with E-state index >= 15 is 0 Å². The van der Waals surface area contributed by atoms with Crippen molar-refractivity contribution in [3.8, 4) is 0 Å². The van der Waals surface area contributed by atoms with Gasteiger partial charge in [0.1, 0.15) is 0 Å². The lowest BCUT2D eigenvalue weighted by molar-refractivity contribution is 0.834. The maximum atomic E-state index is 3.74. The van der Waals surface area contributed by atoms with Crippen molar-refractivity contribution in [2.75, 3.05) is 0 Å². The van der Waals surface area contributed by atoms with Gasteiger partial charge in [-0.15, -0.1) is 0 Å². The zero-order chi connectivity index (χ0) is 4.99. The molecule has 37 valence electrons. The Balaban J connectivity index is 2.63. The van der Waals surface area contributed by atoms with Gasteiger partial charge in [-0.3, -0.25) is 0 Å². The van der Waals surface area contributed by atoms with E-state index in [2.05, 4.69) is 29.8 Å². The third kappa shape index (κ3) is 4.48. The molecule has 1 unspecified atom stereocenters. The molecule has 6 heavy (non-hydrogen) atoms. The van der Waals surface area contributed by atoms with E-state index in [1.807, 2.05) is 0 Å². The van der Waals surface area contributed by atoms with Crippen LogP contribution < -0.4 is 0 Å². The first-order valence-corrected chi connectivity index (χ1v) is 3.16. The number of halogens is 1. The van der Waals surface area contributed by atoms with Crippen LogP contribution in [0.3, 0.4) is 0 Å². The lowest BCUT2D eigenvalue weighted by Gasteiger charge is -1.93. The van der Waals surface area contributed by atoms with Gasteiger partial charge in [0, 0.05) is 4.83 Å². The summed E-state index contributed by atoms with van der Waals surface area (Å²) < 4.78 is 0. The predicted molar refractivity (Wildman–Crippen MR) is 33.0 cm³/mol. The molecule has 0 nitrogen and oxygen atoms in total. The first-order valence-electron chi connectivity index (χ1n) is 2.24. The van der Waals surface area contributed by atoms with Crippen molar-refractivity contribution in [2.24, 2.45) is 0 Å². The van der Waals surface area contributed by atoms with Gasteiger partial charge in [-0.2, -0.15) is 0 Å². The molecule has 0 aromatic carbocycles. The molecule has 0 heterocycles. The summed E-state index contributed by atoms with van der Waals surface area (Å²) in [7, 11) is 0. The van der Waals surface area contributed by atoms with Gasteiger partial charge < -0.3 is 0 Å². The highest BCUT2D eigenvalue weighted by Crippen LogP contribution is 2.03. The van der Waals surface area contributed by atoms with Gasteiger partial charge in [-0.1, -0.05) is 29.3 Å². The maximum Gasteiger partial charge on any atom is 0.0146 e. The second kappa shape index (κ2) is 3.66. The molecule has 0 N–H and O–H groups in total. The van der Waals surface area contributed by atoms with Crippen molar-refractivity contribution in [3.63, 3.8) is 0 Å². The molecule has 0 fully saturated rings. The molecule has 0 aromatic heterocycles.